The fourth-order valence-electron chi connectivity index (χ4n) is 0.465. The highest BCUT2D eigenvalue weighted by atomic mass is 16.3. The molecule has 0 aromatic carbocycles. The minimum absolute atomic E-state index is 0.255. The van der Waals surface area contributed by atoms with E-state index < -0.39 is 0 Å². The Balaban J connectivity index is 4.05. The maximum atomic E-state index is 8.93. The van der Waals surface area contributed by atoms with Crippen LogP contribution in [-0.2, 0) is 0 Å². The molecule has 1 nitrogen and oxygen atoms in total. The Hall–Kier alpha value is -0.980. The monoisotopic (exact) mass is 124 g/mol. The maximum absolute atomic E-state index is 8.93. The van der Waals surface area contributed by atoms with E-state index in [0.717, 1.165) is 5.57 Å². The molecular formula is C8H12O. The summed E-state index contributed by atoms with van der Waals surface area (Å²) in [7, 11) is 0. The molecule has 0 saturated carbocycles. The van der Waals surface area contributed by atoms with Crippen molar-refractivity contribution < 1.29 is 5.11 Å². The van der Waals surface area contributed by atoms with E-state index in [-0.39, 0.29) is 5.76 Å². The smallest absolute Gasteiger partial charge is 0.115 e. The number of hydrogen-bond acceptors (Lipinski definition) is 1. The van der Waals surface area contributed by atoms with Crippen molar-refractivity contribution in [2.45, 2.75) is 13.8 Å². The van der Waals surface area contributed by atoms with Gasteiger partial charge in [-0.25, -0.2) is 0 Å². The van der Waals surface area contributed by atoms with Crippen LogP contribution in [0.5, 0.6) is 0 Å². The van der Waals surface area contributed by atoms with Crippen molar-refractivity contribution in [3.05, 3.63) is 36.1 Å². The predicted octanol–water partition coefficient (Wildman–Crippen LogP) is 2.58. The first kappa shape index (κ1) is 8.02. The Morgan fingerprint density at radius 2 is 2.00 bits per heavy atom. The second-order valence-corrected chi connectivity index (χ2v) is 2.05. The third kappa shape index (κ3) is 4.88. The first-order chi connectivity index (χ1) is 4.16. The fourth-order valence-corrected chi connectivity index (χ4v) is 0.465. The third-order valence-electron chi connectivity index (χ3n) is 0.725. The highest BCUT2D eigenvalue weighted by Gasteiger charge is 1.81. The summed E-state index contributed by atoms with van der Waals surface area (Å²) < 4.78 is 0. The third-order valence-corrected chi connectivity index (χ3v) is 0.725. The Bertz CT molecular complexity index is 148. The molecule has 0 bridgehead atoms. The van der Waals surface area contributed by atoms with E-state index >= 15 is 0 Å². The van der Waals surface area contributed by atoms with Crippen molar-refractivity contribution in [1.29, 1.82) is 0 Å². The van der Waals surface area contributed by atoms with Crippen LogP contribution in [0.1, 0.15) is 13.8 Å². The van der Waals surface area contributed by atoms with Gasteiger partial charge in [-0.15, -0.1) is 0 Å². The summed E-state index contributed by atoms with van der Waals surface area (Å²) >= 11 is 0. The lowest BCUT2D eigenvalue weighted by atomic mass is 10.3. The lowest BCUT2D eigenvalue weighted by molar-refractivity contribution is 0.432. The van der Waals surface area contributed by atoms with Gasteiger partial charge in [-0.1, -0.05) is 18.2 Å². The standard InChI is InChI=1S/C8H12O/c1-4-5-8(9)6-7(2)3/h4-6,9H,1H2,2-3H3/b8-5+. The van der Waals surface area contributed by atoms with Crippen LogP contribution >= 0.6 is 0 Å². The zero-order valence-electron chi connectivity index (χ0n) is 5.89. The number of aliphatic hydroxyl groups excluding tert-OH is 1. The molecule has 0 aromatic heterocycles. The summed E-state index contributed by atoms with van der Waals surface area (Å²) in [5, 5.41) is 8.93. The van der Waals surface area contributed by atoms with Gasteiger partial charge >= 0.3 is 0 Å². The van der Waals surface area contributed by atoms with Crippen LogP contribution in [0.15, 0.2) is 36.1 Å². The van der Waals surface area contributed by atoms with Crippen LogP contribution in [0, 0.1) is 0 Å². The van der Waals surface area contributed by atoms with E-state index in [1.165, 1.54) is 0 Å². The van der Waals surface area contributed by atoms with Crippen LogP contribution in [-0.4, -0.2) is 5.11 Å². The highest BCUT2D eigenvalue weighted by Crippen LogP contribution is 1.96. The molecular weight excluding hydrogens is 112 g/mol. The van der Waals surface area contributed by atoms with Gasteiger partial charge < -0.3 is 5.11 Å². The van der Waals surface area contributed by atoms with Crippen molar-refractivity contribution in [2.24, 2.45) is 0 Å². The number of rotatable bonds is 2. The lowest BCUT2D eigenvalue weighted by Crippen LogP contribution is -1.73. The summed E-state index contributed by atoms with van der Waals surface area (Å²) in [6.07, 6.45) is 4.78. The molecule has 1 heteroatoms. The fraction of sp³-hybridized carbons (Fsp3) is 0.250. The zero-order valence-corrected chi connectivity index (χ0v) is 5.89. The topological polar surface area (TPSA) is 20.2 Å². The zero-order chi connectivity index (χ0) is 7.28. The molecule has 0 atom stereocenters. The normalized spacial score (nSPS) is 10.7. The number of hydrogen-bond donors (Lipinski definition) is 1. The van der Waals surface area contributed by atoms with Gasteiger partial charge in [0.1, 0.15) is 5.76 Å². The molecule has 9 heavy (non-hydrogen) atoms. The highest BCUT2D eigenvalue weighted by molar-refractivity contribution is 5.18. The molecule has 0 fully saturated rings. The van der Waals surface area contributed by atoms with Gasteiger partial charge in [0.15, 0.2) is 0 Å². The summed E-state index contributed by atoms with van der Waals surface area (Å²) in [4.78, 5) is 0. The summed E-state index contributed by atoms with van der Waals surface area (Å²) in [5.74, 6) is 0.255. The van der Waals surface area contributed by atoms with Gasteiger partial charge in [0.25, 0.3) is 0 Å². The molecule has 0 radical (unpaired) electrons. The van der Waals surface area contributed by atoms with E-state index in [1.54, 1.807) is 18.2 Å². The molecule has 0 aliphatic heterocycles. The molecule has 0 amide bonds. The van der Waals surface area contributed by atoms with E-state index in [2.05, 4.69) is 6.58 Å². The van der Waals surface area contributed by atoms with Crippen molar-refractivity contribution in [3.8, 4) is 0 Å². The maximum Gasteiger partial charge on any atom is 0.115 e. The Kier molecular flexibility index (Phi) is 3.52. The van der Waals surface area contributed by atoms with Gasteiger partial charge in [-0.2, -0.15) is 0 Å². The van der Waals surface area contributed by atoms with Gasteiger partial charge in [0.2, 0.25) is 0 Å². The Morgan fingerprint density at radius 3 is 2.33 bits per heavy atom. The Morgan fingerprint density at radius 1 is 1.44 bits per heavy atom. The van der Waals surface area contributed by atoms with Crippen molar-refractivity contribution in [2.75, 3.05) is 0 Å². The second-order valence-electron chi connectivity index (χ2n) is 2.05. The van der Waals surface area contributed by atoms with E-state index in [4.69, 9.17) is 5.11 Å². The van der Waals surface area contributed by atoms with Crippen LogP contribution in [0.2, 0.25) is 0 Å². The van der Waals surface area contributed by atoms with E-state index in [9.17, 15) is 0 Å². The van der Waals surface area contributed by atoms with Crippen LogP contribution in [0.4, 0.5) is 0 Å². The molecule has 0 unspecified atom stereocenters. The Labute approximate surface area is 56.0 Å². The second kappa shape index (κ2) is 3.96. The minimum atomic E-state index is 0.255. The molecule has 0 heterocycles. The minimum Gasteiger partial charge on any atom is -0.508 e. The molecule has 0 aromatic rings. The summed E-state index contributed by atoms with van der Waals surface area (Å²) in [6, 6.07) is 0. The van der Waals surface area contributed by atoms with E-state index in [1.807, 2.05) is 13.8 Å². The van der Waals surface area contributed by atoms with Crippen LogP contribution < -0.4 is 0 Å². The van der Waals surface area contributed by atoms with Crippen molar-refractivity contribution in [3.63, 3.8) is 0 Å². The molecule has 0 spiro atoms. The lowest BCUT2D eigenvalue weighted by Gasteiger charge is -1.88. The number of allylic oxidation sites excluding steroid dienone is 4. The summed E-state index contributed by atoms with van der Waals surface area (Å²) in [5.41, 5.74) is 1.07. The largest absolute Gasteiger partial charge is 0.508 e. The van der Waals surface area contributed by atoms with Gasteiger partial charge in [0.05, 0.1) is 0 Å². The van der Waals surface area contributed by atoms with Gasteiger partial charge in [-0.05, 0) is 26.0 Å². The molecule has 50 valence electrons. The van der Waals surface area contributed by atoms with Gasteiger partial charge in [-0.3, -0.25) is 0 Å². The quantitative estimate of drug-likeness (QED) is 0.443. The molecule has 0 aliphatic rings. The van der Waals surface area contributed by atoms with Crippen LogP contribution in [0.3, 0.4) is 0 Å². The first-order valence-electron chi connectivity index (χ1n) is 2.83. The molecule has 0 saturated heterocycles. The predicted molar refractivity (Wildman–Crippen MR) is 40.3 cm³/mol. The van der Waals surface area contributed by atoms with Crippen molar-refractivity contribution in [1.82, 2.24) is 0 Å². The molecule has 0 rings (SSSR count). The van der Waals surface area contributed by atoms with E-state index in [0.29, 0.717) is 0 Å². The first-order valence-corrected chi connectivity index (χ1v) is 2.83. The SMILES string of the molecule is C=C/C=C(/O)C=C(C)C. The number of aliphatic hydroxyl groups is 1. The van der Waals surface area contributed by atoms with Gasteiger partial charge in [0, 0.05) is 0 Å². The summed E-state index contributed by atoms with van der Waals surface area (Å²) in [6.45, 7) is 7.29. The average Bonchev–Trinajstić information content (AvgIpc) is 1.63. The molecule has 1 N–H and O–H groups in total. The molecule has 0 aliphatic carbocycles. The average molecular weight is 124 g/mol. The van der Waals surface area contributed by atoms with Crippen molar-refractivity contribution >= 4 is 0 Å². The van der Waals surface area contributed by atoms with Crippen LogP contribution in [0.25, 0.3) is 0 Å².